The summed E-state index contributed by atoms with van der Waals surface area (Å²) >= 11 is 5.49. The molecule has 64 valence electrons. The molecule has 0 aromatic heterocycles. The first-order valence-electron chi connectivity index (χ1n) is 3.51. The monoisotopic (exact) mass is 176 g/mol. The lowest BCUT2D eigenvalue weighted by Crippen LogP contribution is -1.98. The van der Waals surface area contributed by atoms with Crippen molar-refractivity contribution in [3.05, 3.63) is 11.6 Å². The number of hydrogen-bond acceptors (Lipinski definition) is 2. The number of alkyl halides is 1. The molecule has 0 amide bonds. The number of carbonyl (C=O) groups excluding carboxylic acids is 1. The van der Waals surface area contributed by atoms with Crippen molar-refractivity contribution in [2.45, 2.75) is 20.3 Å². The molecule has 0 spiro atoms. The maximum Gasteiger partial charge on any atom is 0.302 e. The van der Waals surface area contributed by atoms with Crippen molar-refractivity contribution in [3.63, 3.8) is 0 Å². The minimum Gasteiger partial charge on any atom is -0.462 e. The van der Waals surface area contributed by atoms with Gasteiger partial charge in [0.15, 0.2) is 0 Å². The van der Waals surface area contributed by atoms with Crippen molar-refractivity contribution in [2.75, 3.05) is 12.5 Å². The van der Waals surface area contributed by atoms with E-state index >= 15 is 0 Å². The Balaban J connectivity index is 3.47. The number of halogens is 1. The summed E-state index contributed by atoms with van der Waals surface area (Å²) in [6.07, 6.45) is 2.71. The number of allylic oxidation sites excluding steroid dienone is 1. The highest BCUT2D eigenvalue weighted by molar-refractivity contribution is 6.17. The van der Waals surface area contributed by atoms with Gasteiger partial charge < -0.3 is 4.74 Å². The Morgan fingerprint density at radius 2 is 2.18 bits per heavy atom. The van der Waals surface area contributed by atoms with Crippen LogP contribution >= 0.6 is 11.6 Å². The fourth-order valence-corrected chi connectivity index (χ4v) is 0.850. The average Bonchev–Trinajstić information content (AvgIpc) is 1.87. The van der Waals surface area contributed by atoms with Crippen LogP contribution < -0.4 is 0 Å². The van der Waals surface area contributed by atoms with Crippen LogP contribution in [0.1, 0.15) is 20.3 Å². The van der Waals surface area contributed by atoms with Crippen LogP contribution in [0, 0.1) is 0 Å². The van der Waals surface area contributed by atoms with Crippen LogP contribution in [0.25, 0.3) is 0 Å². The van der Waals surface area contributed by atoms with Gasteiger partial charge in [-0.1, -0.05) is 5.57 Å². The normalized spacial score (nSPS) is 11.4. The predicted octanol–water partition coefficient (Wildman–Crippen LogP) is 2.12. The fourth-order valence-electron chi connectivity index (χ4n) is 0.552. The van der Waals surface area contributed by atoms with Crippen molar-refractivity contribution in [1.29, 1.82) is 0 Å². The third-order valence-electron chi connectivity index (χ3n) is 1.21. The van der Waals surface area contributed by atoms with E-state index in [4.69, 9.17) is 16.3 Å². The lowest BCUT2D eigenvalue weighted by molar-refractivity contribution is -0.139. The van der Waals surface area contributed by atoms with Crippen LogP contribution in [0.4, 0.5) is 0 Å². The second-order valence-corrected chi connectivity index (χ2v) is 2.67. The molecule has 0 aromatic rings. The largest absolute Gasteiger partial charge is 0.462 e. The topological polar surface area (TPSA) is 26.3 Å². The lowest BCUT2D eigenvalue weighted by atomic mass is 10.2. The van der Waals surface area contributed by atoms with E-state index in [2.05, 4.69) is 0 Å². The number of rotatable bonds is 4. The molecule has 3 heteroatoms. The summed E-state index contributed by atoms with van der Waals surface area (Å²) in [5.74, 6) is 0.363. The molecule has 0 aliphatic heterocycles. The molecule has 0 rings (SSSR count). The number of carbonyl (C=O) groups is 1. The third kappa shape index (κ3) is 7.40. The number of ether oxygens (including phenoxy) is 1. The summed E-state index contributed by atoms with van der Waals surface area (Å²) in [6.45, 7) is 3.72. The molecule has 0 aliphatic rings. The van der Waals surface area contributed by atoms with Gasteiger partial charge in [0, 0.05) is 12.8 Å². The van der Waals surface area contributed by atoms with Gasteiger partial charge in [0.1, 0.15) is 6.61 Å². The van der Waals surface area contributed by atoms with E-state index in [1.165, 1.54) is 6.92 Å². The SMILES string of the molecule is CC(=O)OCC=C(C)CCCl. The molecule has 2 nitrogen and oxygen atoms in total. The standard InChI is InChI=1S/C8H13ClO2/c1-7(3-5-9)4-6-11-8(2)10/h4H,3,5-6H2,1-2H3. The number of esters is 1. The summed E-state index contributed by atoms with van der Waals surface area (Å²) in [7, 11) is 0. The molecule has 0 saturated carbocycles. The highest BCUT2D eigenvalue weighted by atomic mass is 35.5. The molecule has 0 N–H and O–H groups in total. The molecule has 0 aliphatic carbocycles. The van der Waals surface area contributed by atoms with E-state index in [1.54, 1.807) is 0 Å². The second-order valence-electron chi connectivity index (χ2n) is 2.29. The van der Waals surface area contributed by atoms with Gasteiger partial charge in [0.2, 0.25) is 0 Å². The number of hydrogen-bond donors (Lipinski definition) is 0. The zero-order chi connectivity index (χ0) is 8.69. The molecular formula is C8H13ClO2. The first kappa shape index (κ1) is 10.5. The molecule has 0 atom stereocenters. The van der Waals surface area contributed by atoms with Crippen LogP contribution in [0.15, 0.2) is 11.6 Å². The zero-order valence-corrected chi connectivity index (χ0v) is 7.65. The molecule has 0 fully saturated rings. The van der Waals surface area contributed by atoms with Crippen LogP contribution in [-0.2, 0) is 9.53 Å². The average molecular weight is 177 g/mol. The zero-order valence-electron chi connectivity index (χ0n) is 6.89. The lowest BCUT2D eigenvalue weighted by Gasteiger charge is -1.98. The van der Waals surface area contributed by atoms with Crippen LogP contribution in [0.3, 0.4) is 0 Å². The molecule has 0 aromatic carbocycles. The van der Waals surface area contributed by atoms with Gasteiger partial charge in [0.25, 0.3) is 0 Å². The fraction of sp³-hybridized carbons (Fsp3) is 0.625. The minimum atomic E-state index is -0.250. The Bertz CT molecular complexity index is 152. The molecule has 0 heterocycles. The second kappa shape index (κ2) is 6.23. The summed E-state index contributed by atoms with van der Waals surface area (Å²) in [6, 6.07) is 0. The quantitative estimate of drug-likeness (QED) is 0.373. The van der Waals surface area contributed by atoms with Crippen molar-refractivity contribution in [3.8, 4) is 0 Å². The van der Waals surface area contributed by atoms with Gasteiger partial charge in [0.05, 0.1) is 0 Å². The van der Waals surface area contributed by atoms with E-state index in [0.717, 1.165) is 12.0 Å². The first-order chi connectivity index (χ1) is 5.16. The molecule has 0 unspecified atom stereocenters. The van der Waals surface area contributed by atoms with Gasteiger partial charge in [-0.2, -0.15) is 0 Å². The Morgan fingerprint density at radius 1 is 1.55 bits per heavy atom. The van der Waals surface area contributed by atoms with Gasteiger partial charge in [-0.3, -0.25) is 4.79 Å². The minimum absolute atomic E-state index is 0.250. The Hall–Kier alpha value is -0.500. The van der Waals surface area contributed by atoms with Crippen molar-refractivity contribution < 1.29 is 9.53 Å². The van der Waals surface area contributed by atoms with E-state index in [9.17, 15) is 4.79 Å². The van der Waals surface area contributed by atoms with Gasteiger partial charge in [-0.15, -0.1) is 11.6 Å². The third-order valence-corrected chi connectivity index (χ3v) is 1.40. The van der Waals surface area contributed by atoms with Crippen LogP contribution in [-0.4, -0.2) is 18.5 Å². The highest BCUT2D eigenvalue weighted by Gasteiger charge is 1.90. The van der Waals surface area contributed by atoms with Gasteiger partial charge >= 0.3 is 5.97 Å². The summed E-state index contributed by atoms with van der Waals surface area (Å²) in [5, 5.41) is 0. The Labute approximate surface area is 72.2 Å². The van der Waals surface area contributed by atoms with E-state index in [0.29, 0.717) is 12.5 Å². The van der Waals surface area contributed by atoms with Crippen LogP contribution in [0.5, 0.6) is 0 Å². The smallest absolute Gasteiger partial charge is 0.302 e. The molecular weight excluding hydrogens is 164 g/mol. The maximum absolute atomic E-state index is 10.3. The summed E-state index contributed by atoms with van der Waals surface area (Å²) < 4.78 is 4.70. The first-order valence-corrected chi connectivity index (χ1v) is 4.05. The van der Waals surface area contributed by atoms with Crippen molar-refractivity contribution >= 4 is 17.6 Å². The predicted molar refractivity (Wildman–Crippen MR) is 45.7 cm³/mol. The van der Waals surface area contributed by atoms with Gasteiger partial charge in [-0.05, 0) is 19.4 Å². The van der Waals surface area contributed by atoms with Crippen molar-refractivity contribution in [2.24, 2.45) is 0 Å². The molecule has 0 bridgehead atoms. The van der Waals surface area contributed by atoms with E-state index in [-0.39, 0.29) is 5.97 Å². The molecule has 11 heavy (non-hydrogen) atoms. The summed E-state index contributed by atoms with van der Waals surface area (Å²) in [4.78, 5) is 10.3. The van der Waals surface area contributed by atoms with Gasteiger partial charge in [-0.25, -0.2) is 0 Å². The molecule has 0 radical (unpaired) electrons. The Morgan fingerprint density at radius 3 is 2.64 bits per heavy atom. The van der Waals surface area contributed by atoms with Crippen molar-refractivity contribution in [1.82, 2.24) is 0 Å². The Kier molecular flexibility index (Phi) is 5.94. The van der Waals surface area contributed by atoms with Crippen LogP contribution in [0.2, 0.25) is 0 Å². The maximum atomic E-state index is 10.3. The van der Waals surface area contributed by atoms with E-state index in [1.807, 2.05) is 13.0 Å². The molecule has 0 saturated heterocycles. The highest BCUT2D eigenvalue weighted by Crippen LogP contribution is 2.00. The van der Waals surface area contributed by atoms with E-state index < -0.39 is 0 Å². The summed E-state index contributed by atoms with van der Waals surface area (Å²) in [5.41, 5.74) is 1.15.